The standard InChI is InChI=1S/C21H22O5/c1-13(21-19(26-21)12-24-10-18-11-25-18)20(14-2-6-16(22)7-3-14)15-4-8-17(23)9-5-15/h2-9,18-20,22-23H,10-12H2,1H3/b21-13-. The second-order valence-corrected chi connectivity index (χ2v) is 6.76. The fourth-order valence-electron chi connectivity index (χ4n) is 3.21. The third-order valence-corrected chi connectivity index (χ3v) is 4.75. The molecule has 5 heteroatoms. The van der Waals surface area contributed by atoms with Gasteiger partial charge < -0.3 is 24.4 Å². The minimum Gasteiger partial charge on any atom is -0.508 e. The van der Waals surface area contributed by atoms with E-state index in [2.05, 4.69) is 6.92 Å². The number of allylic oxidation sites excluding steroid dienone is 1. The molecule has 2 N–H and O–H groups in total. The van der Waals surface area contributed by atoms with Crippen LogP contribution in [0.1, 0.15) is 24.0 Å². The normalized spacial score (nSPS) is 22.8. The fraction of sp³-hybridized carbons (Fsp3) is 0.333. The highest BCUT2D eigenvalue weighted by molar-refractivity contribution is 5.45. The smallest absolute Gasteiger partial charge is 0.178 e. The SMILES string of the molecule is C/C(=C1/OC1COCC1CO1)C(c1ccc(O)cc1)c1ccc(O)cc1. The van der Waals surface area contributed by atoms with Gasteiger partial charge in [-0.1, -0.05) is 24.3 Å². The van der Waals surface area contributed by atoms with E-state index in [1.807, 2.05) is 24.3 Å². The highest BCUT2D eigenvalue weighted by Crippen LogP contribution is 2.41. The van der Waals surface area contributed by atoms with Gasteiger partial charge in [-0.15, -0.1) is 0 Å². The summed E-state index contributed by atoms with van der Waals surface area (Å²) in [7, 11) is 0. The van der Waals surface area contributed by atoms with Crippen molar-refractivity contribution < 1.29 is 24.4 Å². The molecule has 2 unspecified atom stereocenters. The first-order valence-corrected chi connectivity index (χ1v) is 8.76. The van der Waals surface area contributed by atoms with Crippen LogP contribution < -0.4 is 0 Å². The van der Waals surface area contributed by atoms with Crippen molar-refractivity contribution in [2.24, 2.45) is 0 Å². The molecule has 0 bridgehead atoms. The Balaban J connectivity index is 1.56. The van der Waals surface area contributed by atoms with Gasteiger partial charge in [0.15, 0.2) is 6.10 Å². The van der Waals surface area contributed by atoms with E-state index in [0.29, 0.717) is 13.2 Å². The van der Waals surface area contributed by atoms with Gasteiger partial charge in [-0.25, -0.2) is 0 Å². The van der Waals surface area contributed by atoms with Crippen LogP contribution in [0.4, 0.5) is 0 Å². The summed E-state index contributed by atoms with van der Waals surface area (Å²) in [5.41, 5.74) is 3.22. The van der Waals surface area contributed by atoms with Crippen molar-refractivity contribution in [1.29, 1.82) is 0 Å². The highest BCUT2D eigenvalue weighted by Gasteiger charge is 2.38. The number of phenolic OH excluding ortho intramolecular Hbond substituents is 2. The minimum atomic E-state index is -0.0111. The summed E-state index contributed by atoms with van der Waals surface area (Å²) < 4.78 is 16.5. The predicted octanol–water partition coefficient (Wildman–Crippen LogP) is 3.32. The van der Waals surface area contributed by atoms with Crippen LogP contribution in [0.2, 0.25) is 0 Å². The molecule has 0 saturated carbocycles. The summed E-state index contributed by atoms with van der Waals surface area (Å²) in [5, 5.41) is 19.2. The highest BCUT2D eigenvalue weighted by atomic mass is 16.6. The number of epoxide rings is 2. The molecular formula is C21H22O5. The van der Waals surface area contributed by atoms with Crippen molar-refractivity contribution in [1.82, 2.24) is 0 Å². The van der Waals surface area contributed by atoms with Gasteiger partial charge in [-0.3, -0.25) is 0 Å². The lowest BCUT2D eigenvalue weighted by Crippen LogP contribution is -2.08. The Morgan fingerprint density at radius 3 is 2.04 bits per heavy atom. The molecule has 136 valence electrons. The van der Waals surface area contributed by atoms with Crippen molar-refractivity contribution in [3.05, 3.63) is 71.0 Å². The Morgan fingerprint density at radius 1 is 1.00 bits per heavy atom. The maximum atomic E-state index is 9.60. The van der Waals surface area contributed by atoms with Gasteiger partial charge in [0.1, 0.15) is 23.4 Å². The summed E-state index contributed by atoms with van der Waals surface area (Å²) >= 11 is 0. The molecule has 0 aromatic heterocycles. The molecule has 2 aliphatic heterocycles. The zero-order chi connectivity index (χ0) is 18.1. The van der Waals surface area contributed by atoms with Gasteiger partial charge in [0, 0.05) is 5.92 Å². The maximum Gasteiger partial charge on any atom is 0.178 e. The van der Waals surface area contributed by atoms with E-state index in [4.69, 9.17) is 14.2 Å². The molecule has 2 atom stereocenters. The third-order valence-electron chi connectivity index (χ3n) is 4.75. The van der Waals surface area contributed by atoms with Gasteiger partial charge in [0.05, 0.1) is 19.8 Å². The van der Waals surface area contributed by atoms with E-state index in [0.717, 1.165) is 29.1 Å². The third kappa shape index (κ3) is 3.84. The van der Waals surface area contributed by atoms with Crippen molar-refractivity contribution >= 4 is 0 Å². The second-order valence-electron chi connectivity index (χ2n) is 6.76. The number of rotatable bonds is 7. The van der Waals surface area contributed by atoms with Crippen molar-refractivity contribution in [3.63, 3.8) is 0 Å². The fourth-order valence-corrected chi connectivity index (χ4v) is 3.21. The Bertz CT molecular complexity index is 745. The summed E-state index contributed by atoms with van der Waals surface area (Å²) in [6, 6.07) is 14.4. The van der Waals surface area contributed by atoms with Crippen molar-refractivity contribution in [2.45, 2.75) is 25.0 Å². The molecule has 4 rings (SSSR count). The van der Waals surface area contributed by atoms with E-state index in [9.17, 15) is 10.2 Å². The lowest BCUT2D eigenvalue weighted by Gasteiger charge is -2.18. The summed E-state index contributed by atoms with van der Waals surface area (Å²) in [5.74, 6) is 1.41. The quantitative estimate of drug-likeness (QED) is 0.746. The summed E-state index contributed by atoms with van der Waals surface area (Å²) in [4.78, 5) is 0. The molecule has 2 aromatic carbocycles. The molecule has 0 amide bonds. The molecule has 2 saturated heterocycles. The molecular weight excluding hydrogens is 332 g/mol. The van der Waals surface area contributed by atoms with E-state index in [1.54, 1.807) is 24.3 Å². The minimum absolute atomic E-state index is 0.00881. The van der Waals surface area contributed by atoms with Crippen LogP contribution in [0.25, 0.3) is 0 Å². The van der Waals surface area contributed by atoms with Gasteiger partial charge in [-0.05, 0) is 47.9 Å². The molecule has 0 spiro atoms. The summed E-state index contributed by atoms with van der Waals surface area (Å²) in [6.45, 7) is 4.00. The summed E-state index contributed by atoms with van der Waals surface area (Å²) in [6.07, 6.45) is 0.245. The molecule has 2 fully saturated rings. The Hall–Kier alpha value is -2.50. The number of aromatic hydroxyl groups is 2. The molecule has 0 aliphatic carbocycles. The predicted molar refractivity (Wildman–Crippen MR) is 96.2 cm³/mol. The Kier molecular flexibility index (Phi) is 4.57. The van der Waals surface area contributed by atoms with Crippen LogP contribution in [-0.4, -0.2) is 42.2 Å². The first kappa shape index (κ1) is 16.9. The molecule has 5 nitrogen and oxygen atoms in total. The molecule has 0 radical (unpaired) electrons. The van der Waals surface area contributed by atoms with Crippen LogP contribution in [0.3, 0.4) is 0 Å². The van der Waals surface area contributed by atoms with E-state index in [-0.39, 0.29) is 29.6 Å². The molecule has 2 heterocycles. The van der Waals surface area contributed by atoms with Gasteiger partial charge >= 0.3 is 0 Å². The number of phenols is 2. The number of benzene rings is 2. The van der Waals surface area contributed by atoms with Crippen LogP contribution >= 0.6 is 0 Å². The topological polar surface area (TPSA) is 74.8 Å². The largest absolute Gasteiger partial charge is 0.508 e. The van der Waals surface area contributed by atoms with Gasteiger partial charge in [0.2, 0.25) is 0 Å². The Morgan fingerprint density at radius 2 is 1.54 bits per heavy atom. The molecule has 26 heavy (non-hydrogen) atoms. The lowest BCUT2D eigenvalue weighted by atomic mass is 9.85. The second kappa shape index (κ2) is 7.02. The molecule has 2 aliphatic rings. The monoisotopic (exact) mass is 354 g/mol. The van der Waals surface area contributed by atoms with Gasteiger partial charge in [-0.2, -0.15) is 0 Å². The van der Waals surface area contributed by atoms with Crippen LogP contribution in [0.5, 0.6) is 11.5 Å². The van der Waals surface area contributed by atoms with Gasteiger partial charge in [0.25, 0.3) is 0 Å². The average Bonchev–Trinajstić information content (AvgIpc) is 3.54. The first-order valence-electron chi connectivity index (χ1n) is 8.76. The van der Waals surface area contributed by atoms with Crippen LogP contribution in [0, 0.1) is 0 Å². The lowest BCUT2D eigenvalue weighted by molar-refractivity contribution is 0.102. The van der Waals surface area contributed by atoms with Crippen LogP contribution in [-0.2, 0) is 14.2 Å². The molecule has 2 aromatic rings. The zero-order valence-electron chi connectivity index (χ0n) is 14.6. The van der Waals surface area contributed by atoms with Crippen LogP contribution in [0.15, 0.2) is 59.9 Å². The van der Waals surface area contributed by atoms with Crippen molar-refractivity contribution in [3.8, 4) is 11.5 Å². The van der Waals surface area contributed by atoms with E-state index < -0.39 is 0 Å². The Labute approximate surface area is 152 Å². The number of hydrogen-bond acceptors (Lipinski definition) is 5. The van der Waals surface area contributed by atoms with Crippen molar-refractivity contribution in [2.75, 3.05) is 19.8 Å². The van der Waals surface area contributed by atoms with E-state index >= 15 is 0 Å². The maximum absolute atomic E-state index is 9.60. The zero-order valence-corrected chi connectivity index (χ0v) is 14.6. The first-order chi connectivity index (χ1) is 12.6. The van der Waals surface area contributed by atoms with E-state index in [1.165, 1.54) is 0 Å². The number of ether oxygens (including phenoxy) is 3. The number of hydrogen-bond donors (Lipinski definition) is 2. The average molecular weight is 354 g/mol.